The molecule has 2 aromatic heterocycles. The first-order chi connectivity index (χ1) is 20.5. The van der Waals surface area contributed by atoms with E-state index in [0.29, 0.717) is 34.4 Å². The van der Waals surface area contributed by atoms with Crippen LogP contribution in [0.2, 0.25) is 0 Å². The largest absolute Gasteiger partial charge is 0.507 e. The van der Waals surface area contributed by atoms with Crippen molar-refractivity contribution in [1.82, 2.24) is 10.3 Å². The van der Waals surface area contributed by atoms with E-state index >= 15 is 0 Å². The van der Waals surface area contributed by atoms with Gasteiger partial charge in [0.25, 0.3) is 5.91 Å². The third-order valence-electron chi connectivity index (χ3n) is 7.44. The molecular weight excluding hydrogens is 535 g/mol. The molecule has 7 nitrogen and oxygen atoms in total. The number of carbonyl (C=O) groups excluding carboxylic acids is 1. The minimum absolute atomic E-state index is 0.00911. The molecule has 4 aromatic carbocycles. The number of halogens is 1. The molecule has 0 bridgehead atoms. The predicted molar refractivity (Wildman–Crippen MR) is 159 cm³/mol. The molecule has 0 aliphatic rings. The summed E-state index contributed by atoms with van der Waals surface area (Å²) in [7, 11) is 1.51. The number of carbonyl (C=O) groups is 1. The van der Waals surface area contributed by atoms with E-state index in [0.717, 1.165) is 16.5 Å². The van der Waals surface area contributed by atoms with E-state index in [2.05, 4.69) is 10.3 Å². The maximum atomic E-state index is 14.6. The first-order valence-corrected chi connectivity index (χ1v) is 13.5. The SMILES string of the molecule is COc1ccccc1C(=O)NCCc1c(C(c2cccc(F)c2)c2c(O)c3ccccc3oc2=O)[nH]c2ccccc12. The number of amides is 1. The van der Waals surface area contributed by atoms with Crippen molar-refractivity contribution in [3.05, 3.63) is 141 Å². The molecule has 1 unspecified atom stereocenters. The molecule has 6 aromatic rings. The van der Waals surface area contributed by atoms with Crippen LogP contribution in [-0.2, 0) is 6.42 Å². The Morgan fingerprint density at radius 2 is 1.71 bits per heavy atom. The molecule has 3 N–H and O–H groups in total. The molecule has 1 amide bonds. The topological polar surface area (TPSA) is 105 Å². The lowest BCUT2D eigenvalue weighted by molar-refractivity contribution is 0.0951. The second kappa shape index (κ2) is 11.2. The van der Waals surface area contributed by atoms with Crippen LogP contribution >= 0.6 is 0 Å². The first kappa shape index (κ1) is 26.8. The van der Waals surface area contributed by atoms with Gasteiger partial charge in [0.2, 0.25) is 0 Å². The lowest BCUT2D eigenvalue weighted by atomic mass is 9.85. The maximum Gasteiger partial charge on any atom is 0.344 e. The maximum absolute atomic E-state index is 14.6. The van der Waals surface area contributed by atoms with Crippen LogP contribution in [0, 0.1) is 5.82 Å². The number of nitrogens with one attached hydrogen (secondary N) is 2. The van der Waals surface area contributed by atoms with E-state index in [1.807, 2.05) is 24.3 Å². The number of ether oxygens (including phenoxy) is 1. The summed E-state index contributed by atoms with van der Waals surface area (Å²) in [6, 6.07) is 27.3. The molecule has 0 fully saturated rings. The molecule has 6 rings (SSSR count). The second-order valence-electron chi connectivity index (χ2n) is 9.90. The summed E-state index contributed by atoms with van der Waals surface area (Å²) in [6.07, 6.45) is 0.381. The van der Waals surface area contributed by atoms with Gasteiger partial charge < -0.3 is 24.6 Å². The molecular formula is C34H27FN2O5. The Hall–Kier alpha value is -5.37. The molecule has 42 heavy (non-hydrogen) atoms. The van der Waals surface area contributed by atoms with Crippen molar-refractivity contribution < 1.29 is 23.4 Å². The fourth-order valence-corrected chi connectivity index (χ4v) is 5.53. The van der Waals surface area contributed by atoms with Crippen molar-refractivity contribution in [2.45, 2.75) is 12.3 Å². The predicted octanol–water partition coefficient (Wildman–Crippen LogP) is 6.28. The van der Waals surface area contributed by atoms with Gasteiger partial charge >= 0.3 is 5.63 Å². The van der Waals surface area contributed by atoms with Crippen LogP contribution in [0.5, 0.6) is 11.5 Å². The van der Waals surface area contributed by atoms with Crippen molar-refractivity contribution in [2.75, 3.05) is 13.7 Å². The molecule has 210 valence electrons. The van der Waals surface area contributed by atoms with Crippen molar-refractivity contribution >= 4 is 27.8 Å². The van der Waals surface area contributed by atoms with Gasteiger partial charge in [0.15, 0.2) is 0 Å². The van der Waals surface area contributed by atoms with Crippen LogP contribution in [0.15, 0.2) is 106 Å². The molecule has 0 saturated carbocycles. The number of methoxy groups -OCH3 is 1. The zero-order chi connectivity index (χ0) is 29.2. The molecule has 1 atom stereocenters. The molecule has 0 saturated heterocycles. The van der Waals surface area contributed by atoms with Gasteiger partial charge in [-0.05, 0) is 60.0 Å². The van der Waals surface area contributed by atoms with E-state index in [1.54, 1.807) is 60.7 Å². The Morgan fingerprint density at radius 3 is 2.52 bits per heavy atom. The zero-order valence-electron chi connectivity index (χ0n) is 22.7. The average Bonchev–Trinajstić information content (AvgIpc) is 3.37. The number of benzene rings is 4. The van der Waals surface area contributed by atoms with Crippen LogP contribution in [-0.4, -0.2) is 29.7 Å². The summed E-state index contributed by atoms with van der Waals surface area (Å²) in [5, 5.41) is 15.7. The van der Waals surface area contributed by atoms with Crippen molar-refractivity contribution in [3.8, 4) is 11.5 Å². The van der Waals surface area contributed by atoms with Crippen molar-refractivity contribution in [3.63, 3.8) is 0 Å². The summed E-state index contributed by atoms with van der Waals surface area (Å²) in [6.45, 7) is 0.264. The number of para-hydroxylation sites is 3. The summed E-state index contributed by atoms with van der Waals surface area (Å²) in [4.78, 5) is 29.9. The van der Waals surface area contributed by atoms with Gasteiger partial charge in [-0.15, -0.1) is 0 Å². The minimum atomic E-state index is -0.895. The third-order valence-corrected chi connectivity index (χ3v) is 7.44. The summed E-state index contributed by atoms with van der Waals surface area (Å²) in [5.41, 5.74) is 2.58. The van der Waals surface area contributed by atoms with Crippen LogP contribution in [0.3, 0.4) is 0 Å². The monoisotopic (exact) mass is 562 g/mol. The fraction of sp³-hybridized carbons (Fsp3) is 0.118. The molecule has 2 heterocycles. The standard InChI is InChI=1S/C34H27FN2O5/c1-41-27-15-6-4-13-25(27)33(39)36-18-17-23-22-11-2-5-14-26(22)37-31(23)29(20-9-8-10-21(35)19-20)30-32(38)24-12-3-7-16-28(24)42-34(30)40/h2-16,19,29,37-38H,17-18H2,1H3,(H,36,39). The van der Waals surface area contributed by atoms with E-state index in [1.165, 1.54) is 19.2 Å². The fourth-order valence-electron chi connectivity index (χ4n) is 5.53. The van der Waals surface area contributed by atoms with Crippen molar-refractivity contribution in [1.29, 1.82) is 0 Å². The second-order valence-corrected chi connectivity index (χ2v) is 9.90. The van der Waals surface area contributed by atoms with Gasteiger partial charge in [-0.2, -0.15) is 0 Å². The number of rotatable bonds is 8. The number of hydrogen-bond donors (Lipinski definition) is 3. The highest BCUT2D eigenvalue weighted by Crippen LogP contribution is 2.41. The highest BCUT2D eigenvalue weighted by Gasteiger charge is 2.30. The Bertz CT molecular complexity index is 1990. The molecule has 8 heteroatoms. The third kappa shape index (κ3) is 4.88. The molecule has 0 spiro atoms. The molecule has 0 aliphatic heterocycles. The quantitative estimate of drug-likeness (QED) is 0.190. The van der Waals surface area contributed by atoms with Crippen LogP contribution < -0.4 is 15.7 Å². The highest BCUT2D eigenvalue weighted by molar-refractivity contribution is 5.97. The lowest BCUT2D eigenvalue weighted by Crippen LogP contribution is -2.26. The smallest absolute Gasteiger partial charge is 0.344 e. The van der Waals surface area contributed by atoms with E-state index < -0.39 is 17.4 Å². The zero-order valence-corrected chi connectivity index (χ0v) is 22.7. The van der Waals surface area contributed by atoms with Crippen molar-refractivity contribution in [2.24, 2.45) is 0 Å². The lowest BCUT2D eigenvalue weighted by Gasteiger charge is -2.20. The molecule has 0 aliphatic carbocycles. The Kier molecular flexibility index (Phi) is 7.19. The number of aromatic hydroxyl groups is 1. The van der Waals surface area contributed by atoms with E-state index in [-0.39, 0.29) is 29.3 Å². The number of aromatic amines is 1. The van der Waals surface area contributed by atoms with Gasteiger partial charge in [-0.3, -0.25) is 4.79 Å². The summed E-state index contributed by atoms with van der Waals surface area (Å²) >= 11 is 0. The Labute approximate surface area is 240 Å². The van der Waals surface area contributed by atoms with Gasteiger partial charge in [-0.1, -0.05) is 54.6 Å². The minimum Gasteiger partial charge on any atom is -0.507 e. The summed E-state index contributed by atoms with van der Waals surface area (Å²) in [5.74, 6) is -1.43. The van der Waals surface area contributed by atoms with Gasteiger partial charge in [0, 0.05) is 23.1 Å². The number of aromatic nitrogens is 1. The van der Waals surface area contributed by atoms with Crippen LogP contribution in [0.1, 0.15) is 38.7 Å². The van der Waals surface area contributed by atoms with E-state index in [9.17, 15) is 19.1 Å². The number of fused-ring (bicyclic) bond motifs is 2. The van der Waals surface area contributed by atoms with Gasteiger partial charge in [-0.25, -0.2) is 9.18 Å². The van der Waals surface area contributed by atoms with Gasteiger partial charge in [0.1, 0.15) is 22.9 Å². The highest BCUT2D eigenvalue weighted by atomic mass is 19.1. The van der Waals surface area contributed by atoms with E-state index in [4.69, 9.17) is 9.15 Å². The van der Waals surface area contributed by atoms with Crippen LogP contribution in [0.4, 0.5) is 4.39 Å². The summed E-state index contributed by atoms with van der Waals surface area (Å²) < 4.78 is 25.6. The number of hydrogen-bond acceptors (Lipinski definition) is 5. The Morgan fingerprint density at radius 1 is 0.976 bits per heavy atom. The molecule has 0 radical (unpaired) electrons. The number of H-pyrrole nitrogens is 1. The normalized spacial score (nSPS) is 12.0. The first-order valence-electron chi connectivity index (χ1n) is 13.5. The Balaban J connectivity index is 1.48. The van der Waals surface area contributed by atoms with Gasteiger partial charge in [0.05, 0.1) is 29.5 Å². The average molecular weight is 563 g/mol. The van der Waals surface area contributed by atoms with Crippen LogP contribution in [0.25, 0.3) is 21.9 Å².